The summed E-state index contributed by atoms with van der Waals surface area (Å²) in [5.41, 5.74) is 1.55. The summed E-state index contributed by atoms with van der Waals surface area (Å²) in [4.78, 5) is 13.4. The summed E-state index contributed by atoms with van der Waals surface area (Å²) in [7, 11) is 0. The van der Waals surface area contributed by atoms with Crippen molar-refractivity contribution in [1.29, 1.82) is 0 Å². The number of aliphatic hydroxyl groups excluding tert-OH is 2. The van der Waals surface area contributed by atoms with Crippen LogP contribution in [0, 0.1) is 0 Å². The third-order valence-corrected chi connectivity index (χ3v) is 3.50. The lowest BCUT2D eigenvalue weighted by Gasteiger charge is -2.18. The molecule has 0 amide bonds. The van der Waals surface area contributed by atoms with Gasteiger partial charge in [-0.2, -0.15) is 0 Å². The Morgan fingerprint density at radius 3 is 2.55 bits per heavy atom. The van der Waals surface area contributed by atoms with E-state index in [0.29, 0.717) is 31.8 Å². The van der Waals surface area contributed by atoms with Crippen molar-refractivity contribution >= 4 is 5.78 Å². The summed E-state index contributed by atoms with van der Waals surface area (Å²) in [6, 6.07) is 5.38. The summed E-state index contributed by atoms with van der Waals surface area (Å²) < 4.78 is 5.57. The standard InChI is InChI=1S/C15H21NO4/c1-3-20-15-5-4-11(10(2)17)6-12(15)7-16-8-13(18)14(19)9-16/h4-6,13-14,18-19H,3,7-9H2,1-2H3. The lowest BCUT2D eigenvalue weighted by atomic mass is 10.1. The molecule has 1 aliphatic heterocycles. The number of benzene rings is 1. The number of nitrogens with zero attached hydrogens (tertiary/aromatic N) is 1. The van der Waals surface area contributed by atoms with E-state index >= 15 is 0 Å². The Morgan fingerprint density at radius 2 is 2.00 bits per heavy atom. The average molecular weight is 279 g/mol. The minimum absolute atomic E-state index is 0.00999. The van der Waals surface area contributed by atoms with Gasteiger partial charge in [-0.3, -0.25) is 9.69 Å². The Bertz CT molecular complexity index is 479. The maximum absolute atomic E-state index is 11.5. The first-order valence-corrected chi connectivity index (χ1v) is 6.86. The summed E-state index contributed by atoms with van der Waals surface area (Å²) >= 11 is 0. The van der Waals surface area contributed by atoms with Crippen LogP contribution in [-0.2, 0) is 6.54 Å². The average Bonchev–Trinajstić information content (AvgIpc) is 2.70. The molecule has 0 saturated carbocycles. The lowest BCUT2D eigenvalue weighted by Crippen LogP contribution is -2.22. The molecular formula is C15H21NO4. The van der Waals surface area contributed by atoms with Crippen molar-refractivity contribution < 1.29 is 19.7 Å². The summed E-state index contributed by atoms with van der Waals surface area (Å²) in [6.07, 6.45) is -1.41. The predicted octanol–water partition coefficient (Wildman–Crippen LogP) is 0.825. The zero-order valence-electron chi connectivity index (χ0n) is 11.9. The number of carbonyl (C=O) groups is 1. The highest BCUT2D eigenvalue weighted by Gasteiger charge is 2.29. The summed E-state index contributed by atoms with van der Waals surface area (Å²) in [5, 5.41) is 19.2. The van der Waals surface area contributed by atoms with Gasteiger partial charge >= 0.3 is 0 Å². The highest BCUT2D eigenvalue weighted by atomic mass is 16.5. The van der Waals surface area contributed by atoms with Crippen LogP contribution in [0.5, 0.6) is 5.75 Å². The predicted molar refractivity (Wildman–Crippen MR) is 74.9 cm³/mol. The van der Waals surface area contributed by atoms with Gasteiger partial charge in [0.15, 0.2) is 5.78 Å². The highest BCUT2D eigenvalue weighted by Crippen LogP contribution is 2.24. The largest absolute Gasteiger partial charge is 0.494 e. The molecule has 1 aromatic carbocycles. The molecule has 0 aromatic heterocycles. The van der Waals surface area contributed by atoms with E-state index in [-0.39, 0.29) is 5.78 Å². The van der Waals surface area contributed by atoms with Crippen LogP contribution < -0.4 is 4.74 Å². The van der Waals surface area contributed by atoms with Crippen molar-refractivity contribution in [3.63, 3.8) is 0 Å². The number of hydrogen-bond acceptors (Lipinski definition) is 5. The molecule has 2 rings (SSSR count). The maximum atomic E-state index is 11.5. The van der Waals surface area contributed by atoms with E-state index in [1.54, 1.807) is 12.1 Å². The molecule has 0 bridgehead atoms. The van der Waals surface area contributed by atoms with E-state index in [1.807, 2.05) is 17.9 Å². The maximum Gasteiger partial charge on any atom is 0.159 e. The zero-order valence-corrected chi connectivity index (χ0v) is 11.9. The molecular weight excluding hydrogens is 258 g/mol. The van der Waals surface area contributed by atoms with Gasteiger partial charge in [0, 0.05) is 30.8 Å². The van der Waals surface area contributed by atoms with E-state index in [0.717, 1.165) is 11.3 Å². The lowest BCUT2D eigenvalue weighted by molar-refractivity contribution is 0.0572. The Morgan fingerprint density at radius 1 is 1.35 bits per heavy atom. The van der Waals surface area contributed by atoms with Crippen LogP contribution in [-0.4, -0.2) is 52.8 Å². The summed E-state index contributed by atoms with van der Waals surface area (Å²) in [5.74, 6) is 0.754. The minimum atomic E-state index is -0.707. The number of Topliss-reactive ketones (excluding diaryl/α,β-unsaturated/α-hetero) is 1. The first-order chi connectivity index (χ1) is 9.51. The first kappa shape index (κ1) is 15.0. The van der Waals surface area contributed by atoms with Gasteiger partial charge in [-0.25, -0.2) is 0 Å². The number of hydrogen-bond donors (Lipinski definition) is 2. The van der Waals surface area contributed by atoms with Gasteiger partial charge in [-0.15, -0.1) is 0 Å². The van der Waals surface area contributed by atoms with Crippen LogP contribution in [0.3, 0.4) is 0 Å². The normalized spacial score (nSPS) is 23.0. The topological polar surface area (TPSA) is 70.0 Å². The molecule has 1 aromatic rings. The second-order valence-electron chi connectivity index (χ2n) is 5.14. The van der Waals surface area contributed by atoms with Crippen molar-refractivity contribution in [1.82, 2.24) is 4.90 Å². The number of ketones is 1. The van der Waals surface area contributed by atoms with Crippen LogP contribution in [0.1, 0.15) is 29.8 Å². The molecule has 2 unspecified atom stereocenters. The smallest absolute Gasteiger partial charge is 0.159 e. The van der Waals surface area contributed by atoms with Gasteiger partial charge in [0.25, 0.3) is 0 Å². The Balaban J connectivity index is 2.19. The van der Waals surface area contributed by atoms with Crippen molar-refractivity contribution in [2.75, 3.05) is 19.7 Å². The molecule has 2 N–H and O–H groups in total. The molecule has 1 fully saturated rings. The second kappa shape index (κ2) is 6.35. The fourth-order valence-corrected chi connectivity index (χ4v) is 2.44. The second-order valence-corrected chi connectivity index (χ2v) is 5.14. The Kier molecular flexibility index (Phi) is 4.75. The van der Waals surface area contributed by atoms with E-state index in [9.17, 15) is 15.0 Å². The minimum Gasteiger partial charge on any atom is -0.494 e. The van der Waals surface area contributed by atoms with Crippen LogP contribution >= 0.6 is 0 Å². The van der Waals surface area contributed by atoms with Crippen molar-refractivity contribution in [3.05, 3.63) is 29.3 Å². The monoisotopic (exact) mass is 279 g/mol. The van der Waals surface area contributed by atoms with Gasteiger partial charge in [-0.05, 0) is 32.0 Å². The molecule has 0 radical (unpaired) electrons. The van der Waals surface area contributed by atoms with Crippen LogP contribution in [0.4, 0.5) is 0 Å². The third kappa shape index (κ3) is 3.36. The number of ether oxygens (including phenoxy) is 1. The number of β-amino-alcohol motifs (C(OH)–C–C–N with tert-alkyl or cyclic N) is 2. The SMILES string of the molecule is CCOc1ccc(C(C)=O)cc1CN1CC(O)C(O)C1. The molecule has 2 atom stereocenters. The number of rotatable bonds is 5. The number of carbonyl (C=O) groups excluding carboxylic acids is 1. The van der Waals surface area contributed by atoms with Gasteiger partial charge in [0.2, 0.25) is 0 Å². The molecule has 0 spiro atoms. The third-order valence-electron chi connectivity index (χ3n) is 3.50. The van der Waals surface area contributed by atoms with Gasteiger partial charge < -0.3 is 14.9 Å². The molecule has 20 heavy (non-hydrogen) atoms. The van der Waals surface area contributed by atoms with Crippen molar-refractivity contribution in [2.24, 2.45) is 0 Å². The highest BCUT2D eigenvalue weighted by molar-refractivity contribution is 5.94. The van der Waals surface area contributed by atoms with Crippen molar-refractivity contribution in [2.45, 2.75) is 32.6 Å². The zero-order chi connectivity index (χ0) is 14.7. The van der Waals surface area contributed by atoms with Crippen LogP contribution in [0.15, 0.2) is 18.2 Å². The van der Waals surface area contributed by atoms with Crippen LogP contribution in [0.2, 0.25) is 0 Å². The first-order valence-electron chi connectivity index (χ1n) is 6.86. The molecule has 110 valence electrons. The van der Waals surface area contributed by atoms with Gasteiger partial charge in [0.05, 0.1) is 18.8 Å². The van der Waals surface area contributed by atoms with E-state index < -0.39 is 12.2 Å². The Labute approximate surface area is 118 Å². The Hall–Kier alpha value is -1.43. The van der Waals surface area contributed by atoms with E-state index in [4.69, 9.17) is 4.74 Å². The van der Waals surface area contributed by atoms with Gasteiger partial charge in [0.1, 0.15) is 5.75 Å². The molecule has 1 heterocycles. The van der Waals surface area contributed by atoms with Crippen LogP contribution in [0.25, 0.3) is 0 Å². The number of likely N-dealkylation sites (tertiary alicyclic amines) is 1. The number of aliphatic hydroxyl groups is 2. The molecule has 5 nitrogen and oxygen atoms in total. The molecule has 5 heteroatoms. The molecule has 1 aliphatic rings. The van der Waals surface area contributed by atoms with E-state index in [1.165, 1.54) is 6.92 Å². The molecule has 0 aliphatic carbocycles. The van der Waals surface area contributed by atoms with Gasteiger partial charge in [-0.1, -0.05) is 0 Å². The fraction of sp³-hybridized carbons (Fsp3) is 0.533. The molecule has 1 saturated heterocycles. The van der Waals surface area contributed by atoms with Crippen molar-refractivity contribution in [3.8, 4) is 5.75 Å². The van der Waals surface area contributed by atoms with E-state index in [2.05, 4.69) is 0 Å². The summed E-state index contributed by atoms with van der Waals surface area (Å²) in [6.45, 7) is 5.39. The quantitative estimate of drug-likeness (QED) is 0.781. The fourth-order valence-electron chi connectivity index (χ4n) is 2.44.